The Kier molecular flexibility index (Phi) is 5.95. The largest absolute Gasteiger partial charge is 0.216 e. The van der Waals surface area contributed by atoms with Crippen molar-refractivity contribution in [2.75, 3.05) is 6.26 Å². The second kappa shape index (κ2) is 6.02. The van der Waals surface area contributed by atoms with E-state index in [9.17, 15) is 0 Å². The van der Waals surface area contributed by atoms with Gasteiger partial charge in [-0.05, 0) is 18.9 Å². The third kappa shape index (κ3) is 4.40. The quantitative estimate of drug-likeness (QED) is 0.418. The number of hydrogen-bond donors (Lipinski definition) is 0. The van der Waals surface area contributed by atoms with Crippen LogP contribution in [0.25, 0.3) is 0 Å². The van der Waals surface area contributed by atoms with Gasteiger partial charge >= 0.3 is 0 Å². The average molecular weight is 140 g/mol. The molecule has 0 saturated carbocycles. The predicted molar refractivity (Wildman–Crippen MR) is 49.3 cm³/mol. The Labute approximate surface area is 62.4 Å². The molecule has 9 heavy (non-hydrogen) atoms. The van der Waals surface area contributed by atoms with Crippen LogP contribution in [0.15, 0.2) is 25.3 Å². The molecule has 0 fully saturated rings. The molecule has 0 atom stereocenters. The van der Waals surface area contributed by atoms with Gasteiger partial charge < -0.3 is 0 Å². The van der Waals surface area contributed by atoms with Crippen molar-refractivity contribution in [3.05, 3.63) is 25.3 Å². The molecule has 0 aromatic carbocycles. The fourth-order valence-electron chi connectivity index (χ4n) is 0.660. The molecule has 0 saturated heterocycles. The Bertz CT molecular complexity index is 80.9. The molecule has 2 heteroatoms. The van der Waals surface area contributed by atoms with Crippen molar-refractivity contribution in [2.45, 2.75) is 12.6 Å². The first-order chi connectivity index (χ1) is 4.35. The first-order valence-electron chi connectivity index (χ1n) is 3.09. The lowest BCUT2D eigenvalue weighted by atomic mass is 9.69. The molecule has 0 aromatic rings. The van der Waals surface area contributed by atoms with Crippen molar-refractivity contribution in [1.82, 2.24) is 0 Å². The lowest BCUT2D eigenvalue weighted by molar-refractivity contribution is 1.59. The van der Waals surface area contributed by atoms with Crippen molar-refractivity contribution >= 4 is 17.6 Å². The minimum Gasteiger partial charge on any atom is -0.213 e. The summed E-state index contributed by atoms with van der Waals surface area (Å²) in [6.45, 7) is 7.37. The molecule has 0 aliphatic carbocycles. The minimum absolute atomic E-state index is 0.694. The van der Waals surface area contributed by atoms with E-state index in [2.05, 4.69) is 19.4 Å². The molecule has 0 rings (SSSR count). The van der Waals surface area contributed by atoms with Gasteiger partial charge in [0.1, 0.15) is 0 Å². The highest BCUT2D eigenvalue weighted by molar-refractivity contribution is 8.25. The van der Waals surface area contributed by atoms with E-state index in [4.69, 9.17) is 0 Å². The summed E-state index contributed by atoms with van der Waals surface area (Å²) in [6, 6.07) is 0. The van der Waals surface area contributed by atoms with E-state index in [0.29, 0.717) is 5.99 Å². The smallest absolute Gasteiger partial charge is 0.213 e. The zero-order chi connectivity index (χ0) is 7.11. The van der Waals surface area contributed by atoms with Crippen LogP contribution >= 0.6 is 11.6 Å². The standard InChI is InChI=1S/C7H13BS/c1-4-6-8(9-3)7-5-2/h4-5H,1-2,6-7H2,3H3. The minimum atomic E-state index is 0.694. The van der Waals surface area contributed by atoms with Gasteiger partial charge in [-0.15, -0.1) is 13.2 Å². The van der Waals surface area contributed by atoms with E-state index in [1.165, 1.54) is 0 Å². The highest BCUT2D eigenvalue weighted by Crippen LogP contribution is 2.12. The van der Waals surface area contributed by atoms with Crippen LogP contribution < -0.4 is 0 Å². The summed E-state index contributed by atoms with van der Waals surface area (Å²) in [5.74, 6) is 0.694. The van der Waals surface area contributed by atoms with E-state index in [1.807, 2.05) is 23.8 Å². The van der Waals surface area contributed by atoms with Crippen molar-refractivity contribution in [3.63, 3.8) is 0 Å². The molecule has 0 heterocycles. The van der Waals surface area contributed by atoms with Gasteiger partial charge in [-0.2, -0.15) is 0 Å². The van der Waals surface area contributed by atoms with Crippen LogP contribution in [-0.2, 0) is 0 Å². The molecule has 0 bridgehead atoms. The van der Waals surface area contributed by atoms with E-state index in [0.717, 1.165) is 12.6 Å². The van der Waals surface area contributed by atoms with Gasteiger partial charge in [-0.25, -0.2) is 11.6 Å². The third-order valence-electron chi connectivity index (χ3n) is 1.19. The van der Waals surface area contributed by atoms with Crippen molar-refractivity contribution in [1.29, 1.82) is 0 Å². The summed E-state index contributed by atoms with van der Waals surface area (Å²) in [6.07, 6.45) is 8.23. The highest BCUT2D eigenvalue weighted by atomic mass is 32.2. The Hall–Kier alpha value is -0.105. The predicted octanol–water partition coefficient (Wildman–Crippen LogP) is 2.71. The van der Waals surface area contributed by atoms with E-state index in [-0.39, 0.29) is 0 Å². The van der Waals surface area contributed by atoms with Crippen LogP contribution in [0, 0.1) is 0 Å². The normalized spacial score (nSPS) is 8.56. The van der Waals surface area contributed by atoms with E-state index >= 15 is 0 Å². The fourth-order valence-corrected chi connectivity index (χ4v) is 1.32. The Balaban J connectivity index is 3.39. The summed E-state index contributed by atoms with van der Waals surface area (Å²) in [5, 5.41) is 0. The maximum absolute atomic E-state index is 3.68. The van der Waals surface area contributed by atoms with Crippen LogP contribution in [-0.4, -0.2) is 12.2 Å². The number of allylic oxidation sites excluding steroid dienone is 2. The second-order valence-electron chi connectivity index (χ2n) is 1.91. The summed E-state index contributed by atoms with van der Waals surface area (Å²) in [4.78, 5) is 0. The average Bonchev–Trinajstić information content (AvgIpc) is 1.88. The van der Waals surface area contributed by atoms with Crippen molar-refractivity contribution in [3.8, 4) is 0 Å². The maximum Gasteiger partial charge on any atom is 0.216 e. The molecular formula is C7H13BS. The fraction of sp³-hybridized carbons (Fsp3) is 0.429. The molecule has 0 radical (unpaired) electrons. The highest BCUT2D eigenvalue weighted by Gasteiger charge is 2.05. The van der Waals surface area contributed by atoms with E-state index < -0.39 is 0 Å². The molecule has 0 amide bonds. The van der Waals surface area contributed by atoms with Crippen LogP contribution in [0.2, 0.25) is 12.6 Å². The zero-order valence-electron chi connectivity index (χ0n) is 5.97. The Morgan fingerprint density at radius 3 is 2.00 bits per heavy atom. The maximum atomic E-state index is 3.68. The molecule has 0 aliphatic rings. The van der Waals surface area contributed by atoms with Crippen molar-refractivity contribution in [2.24, 2.45) is 0 Å². The summed E-state index contributed by atoms with van der Waals surface area (Å²) in [5.41, 5.74) is 0. The van der Waals surface area contributed by atoms with Crippen LogP contribution in [0.3, 0.4) is 0 Å². The number of hydrogen-bond acceptors (Lipinski definition) is 1. The van der Waals surface area contributed by atoms with Gasteiger partial charge in [0.2, 0.25) is 5.99 Å². The van der Waals surface area contributed by atoms with Crippen LogP contribution in [0.4, 0.5) is 0 Å². The summed E-state index contributed by atoms with van der Waals surface area (Å²) >= 11 is 1.88. The lowest BCUT2D eigenvalue weighted by Crippen LogP contribution is -2.02. The Morgan fingerprint density at radius 1 is 1.33 bits per heavy atom. The summed E-state index contributed by atoms with van der Waals surface area (Å²) < 4.78 is 0. The van der Waals surface area contributed by atoms with Crippen LogP contribution in [0.1, 0.15) is 0 Å². The first-order valence-corrected chi connectivity index (χ1v) is 4.38. The van der Waals surface area contributed by atoms with E-state index in [1.54, 1.807) is 0 Å². The number of rotatable bonds is 5. The van der Waals surface area contributed by atoms with Gasteiger partial charge in [0.25, 0.3) is 0 Å². The topological polar surface area (TPSA) is 0 Å². The second-order valence-corrected chi connectivity index (χ2v) is 3.04. The molecule has 50 valence electrons. The molecule has 0 unspecified atom stereocenters. The zero-order valence-corrected chi connectivity index (χ0v) is 6.79. The molecule has 0 nitrogen and oxygen atoms in total. The molecule has 0 aliphatic heterocycles. The summed E-state index contributed by atoms with van der Waals surface area (Å²) in [7, 11) is 0. The van der Waals surface area contributed by atoms with Gasteiger partial charge in [0, 0.05) is 0 Å². The molecule has 0 spiro atoms. The lowest BCUT2D eigenvalue weighted by Gasteiger charge is -2.02. The molecular weight excluding hydrogens is 127 g/mol. The Morgan fingerprint density at radius 2 is 1.78 bits per heavy atom. The monoisotopic (exact) mass is 140 g/mol. The van der Waals surface area contributed by atoms with Crippen LogP contribution in [0.5, 0.6) is 0 Å². The third-order valence-corrected chi connectivity index (χ3v) is 2.24. The molecule has 0 aromatic heterocycles. The van der Waals surface area contributed by atoms with Gasteiger partial charge in [0.05, 0.1) is 0 Å². The van der Waals surface area contributed by atoms with Gasteiger partial charge in [-0.3, -0.25) is 0 Å². The van der Waals surface area contributed by atoms with Crippen molar-refractivity contribution < 1.29 is 0 Å². The van der Waals surface area contributed by atoms with Gasteiger partial charge in [0.15, 0.2) is 0 Å². The first kappa shape index (κ1) is 8.89. The SMILES string of the molecule is C=CCB(CC=C)SC. The molecule has 0 N–H and O–H groups in total. The van der Waals surface area contributed by atoms with Gasteiger partial charge in [-0.1, -0.05) is 12.2 Å².